The van der Waals surface area contributed by atoms with Crippen molar-refractivity contribution in [3.8, 4) is 5.75 Å². The molecule has 0 bridgehead atoms. The lowest BCUT2D eigenvalue weighted by Gasteiger charge is -2.26. The van der Waals surface area contributed by atoms with Gasteiger partial charge < -0.3 is 4.74 Å². The van der Waals surface area contributed by atoms with E-state index in [4.69, 9.17) is 4.74 Å². The summed E-state index contributed by atoms with van der Waals surface area (Å²) in [7, 11) is -1.90. The van der Waals surface area contributed by atoms with E-state index in [2.05, 4.69) is 6.58 Å². The topological polar surface area (TPSA) is 46.6 Å². The van der Waals surface area contributed by atoms with E-state index in [0.29, 0.717) is 11.4 Å². The van der Waals surface area contributed by atoms with Crippen LogP contribution < -0.4 is 4.74 Å². The van der Waals surface area contributed by atoms with Gasteiger partial charge in [-0.25, -0.2) is 8.42 Å². The van der Waals surface area contributed by atoms with E-state index in [9.17, 15) is 8.42 Å². The summed E-state index contributed by atoms with van der Waals surface area (Å²) >= 11 is 0. The summed E-state index contributed by atoms with van der Waals surface area (Å²) in [5.74, 6) is 0.770. The molecule has 0 amide bonds. The second-order valence-electron chi connectivity index (χ2n) is 6.34. The Bertz CT molecular complexity index is 855. The van der Waals surface area contributed by atoms with E-state index in [1.165, 1.54) is 0 Å². The van der Waals surface area contributed by atoms with Crippen LogP contribution in [0.15, 0.2) is 60.0 Å². The van der Waals surface area contributed by atoms with Crippen LogP contribution in [0.25, 0.3) is 5.57 Å². The molecule has 0 spiro atoms. The van der Waals surface area contributed by atoms with E-state index in [0.717, 1.165) is 35.3 Å². The molecule has 5 heteroatoms. The molecule has 1 heterocycles. The first-order valence-corrected chi connectivity index (χ1v) is 9.79. The van der Waals surface area contributed by atoms with Gasteiger partial charge in [-0.05, 0) is 55.2 Å². The summed E-state index contributed by atoms with van der Waals surface area (Å²) in [5, 5.41) is 0. The first kappa shape index (κ1) is 17.7. The number of hydrogen-bond acceptors (Lipinski definition) is 3. The molecule has 4 nitrogen and oxygen atoms in total. The molecule has 1 aliphatic heterocycles. The third kappa shape index (κ3) is 3.48. The molecule has 0 radical (unpaired) electrons. The summed E-state index contributed by atoms with van der Waals surface area (Å²) in [6.07, 6.45) is 1.63. The molecular formula is C20H23NO3S. The van der Waals surface area contributed by atoms with Crippen LogP contribution in [0.5, 0.6) is 5.75 Å². The van der Waals surface area contributed by atoms with Crippen molar-refractivity contribution in [2.45, 2.75) is 30.7 Å². The minimum atomic E-state index is -3.52. The number of hydrogen-bond donors (Lipinski definition) is 0. The Morgan fingerprint density at radius 3 is 2.36 bits per heavy atom. The molecule has 132 valence electrons. The maximum absolute atomic E-state index is 13.1. The fourth-order valence-corrected chi connectivity index (χ4v) is 4.91. The molecule has 1 atom stereocenters. The third-order valence-corrected chi connectivity index (χ3v) is 6.62. The van der Waals surface area contributed by atoms with Gasteiger partial charge >= 0.3 is 0 Å². The average Bonchev–Trinajstić information content (AvgIpc) is 3.12. The summed E-state index contributed by atoms with van der Waals surface area (Å²) < 4.78 is 32.9. The molecular weight excluding hydrogens is 334 g/mol. The second kappa shape index (κ2) is 7.02. The Hall–Kier alpha value is -2.11. The van der Waals surface area contributed by atoms with Crippen molar-refractivity contribution in [3.63, 3.8) is 0 Å². The molecule has 0 N–H and O–H groups in total. The van der Waals surface area contributed by atoms with Gasteiger partial charge in [-0.3, -0.25) is 0 Å². The minimum absolute atomic E-state index is 0.209. The van der Waals surface area contributed by atoms with Crippen LogP contribution in [0.2, 0.25) is 0 Å². The molecule has 0 aliphatic carbocycles. The Balaban J connectivity index is 1.88. The predicted molar refractivity (Wildman–Crippen MR) is 100 cm³/mol. The Morgan fingerprint density at radius 1 is 1.12 bits per heavy atom. The largest absolute Gasteiger partial charge is 0.497 e. The number of aryl methyl sites for hydroxylation is 1. The average molecular weight is 357 g/mol. The highest BCUT2D eigenvalue weighted by Crippen LogP contribution is 2.34. The summed E-state index contributed by atoms with van der Waals surface area (Å²) in [5.41, 5.74) is 2.81. The van der Waals surface area contributed by atoms with Crippen molar-refractivity contribution >= 4 is 15.6 Å². The fraction of sp³-hybridized carbons (Fsp3) is 0.300. The first-order valence-electron chi connectivity index (χ1n) is 8.35. The van der Waals surface area contributed by atoms with Crippen molar-refractivity contribution < 1.29 is 13.2 Å². The maximum Gasteiger partial charge on any atom is 0.243 e. The summed E-state index contributed by atoms with van der Waals surface area (Å²) in [6, 6.07) is 14.4. The van der Waals surface area contributed by atoms with E-state index in [1.54, 1.807) is 23.5 Å². The fourth-order valence-electron chi connectivity index (χ4n) is 3.22. The molecule has 1 fully saturated rings. The van der Waals surface area contributed by atoms with E-state index in [1.807, 2.05) is 43.3 Å². The van der Waals surface area contributed by atoms with Crippen LogP contribution in [-0.2, 0) is 10.0 Å². The lowest BCUT2D eigenvalue weighted by Crippen LogP contribution is -2.36. The van der Waals surface area contributed by atoms with Crippen LogP contribution >= 0.6 is 0 Å². The molecule has 2 aromatic carbocycles. The number of ether oxygens (including phenoxy) is 1. The maximum atomic E-state index is 13.1. The van der Waals surface area contributed by atoms with Crippen molar-refractivity contribution in [1.29, 1.82) is 0 Å². The number of rotatable bonds is 5. The third-order valence-electron chi connectivity index (χ3n) is 4.69. The number of benzene rings is 2. The van der Waals surface area contributed by atoms with E-state index in [-0.39, 0.29) is 6.04 Å². The highest BCUT2D eigenvalue weighted by molar-refractivity contribution is 7.89. The molecule has 2 aromatic rings. The van der Waals surface area contributed by atoms with Gasteiger partial charge in [-0.15, -0.1) is 0 Å². The molecule has 1 aliphatic rings. The number of methoxy groups -OCH3 is 1. The smallest absolute Gasteiger partial charge is 0.243 e. The molecule has 1 saturated heterocycles. The highest BCUT2D eigenvalue weighted by atomic mass is 32.2. The van der Waals surface area contributed by atoms with Gasteiger partial charge in [0.2, 0.25) is 10.0 Å². The van der Waals surface area contributed by atoms with Crippen LogP contribution in [0, 0.1) is 6.92 Å². The normalized spacial score (nSPS) is 18.2. The summed E-state index contributed by atoms with van der Waals surface area (Å²) in [6.45, 7) is 6.66. The SMILES string of the molecule is C=C(c1ccc(OC)cc1)C1CCCN1S(=O)(=O)c1ccc(C)cc1. The van der Waals surface area contributed by atoms with Crippen molar-refractivity contribution in [3.05, 3.63) is 66.2 Å². The Kier molecular flexibility index (Phi) is 4.97. The second-order valence-corrected chi connectivity index (χ2v) is 8.23. The molecule has 25 heavy (non-hydrogen) atoms. The van der Waals surface area contributed by atoms with Crippen LogP contribution in [0.4, 0.5) is 0 Å². The van der Waals surface area contributed by atoms with E-state index < -0.39 is 10.0 Å². The number of sulfonamides is 1. The lowest BCUT2D eigenvalue weighted by molar-refractivity contribution is 0.414. The lowest BCUT2D eigenvalue weighted by atomic mass is 9.99. The Labute approximate surface area is 149 Å². The van der Waals surface area contributed by atoms with Crippen LogP contribution in [0.3, 0.4) is 0 Å². The van der Waals surface area contributed by atoms with Crippen LogP contribution in [0.1, 0.15) is 24.0 Å². The zero-order valence-corrected chi connectivity index (χ0v) is 15.4. The summed E-state index contributed by atoms with van der Waals surface area (Å²) in [4.78, 5) is 0.340. The van der Waals surface area contributed by atoms with Gasteiger partial charge in [0.15, 0.2) is 0 Å². The van der Waals surface area contributed by atoms with Gasteiger partial charge in [0, 0.05) is 6.54 Å². The van der Waals surface area contributed by atoms with Crippen molar-refractivity contribution in [1.82, 2.24) is 4.31 Å². The minimum Gasteiger partial charge on any atom is -0.497 e. The standard InChI is InChI=1S/C20H23NO3S/c1-15-6-12-19(13-7-15)25(22,23)21-14-4-5-20(21)16(2)17-8-10-18(24-3)11-9-17/h6-13,20H,2,4-5,14H2,1,3H3. The molecule has 3 rings (SSSR count). The van der Waals surface area contributed by atoms with Gasteiger partial charge in [0.05, 0.1) is 18.0 Å². The molecule has 0 aromatic heterocycles. The molecule has 1 unspecified atom stereocenters. The van der Waals surface area contributed by atoms with Crippen molar-refractivity contribution in [2.24, 2.45) is 0 Å². The monoisotopic (exact) mass is 357 g/mol. The van der Waals surface area contributed by atoms with Gasteiger partial charge in [-0.2, -0.15) is 4.31 Å². The van der Waals surface area contributed by atoms with Gasteiger partial charge in [0.1, 0.15) is 5.75 Å². The Morgan fingerprint density at radius 2 is 1.76 bits per heavy atom. The van der Waals surface area contributed by atoms with Crippen LogP contribution in [-0.4, -0.2) is 32.4 Å². The first-order chi connectivity index (χ1) is 11.9. The highest BCUT2D eigenvalue weighted by Gasteiger charge is 2.36. The quantitative estimate of drug-likeness (QED) is 0.816. The van der Waals surface area contributed by atoms with Crippen molar-refractivity contribution in [2.75, 3.05) is 13.7 Å². The van der Waals surface area contributed by atoms with Gasteiger partial charge in [0.25, 0.3) is 0 Å². The van der Waals surface area contributed by atoms with E-state index >= 15 is 0 Å². The molecule has 0 saturated carbocycles. The number of nitrogens with zero attached hydrogens (tertiary/aromatic N) is 1. The van der Waals surface area contributed by atoms with Gasteiger partial charge in [-0.1, -0.05) is 36.4 Å². The predicted octanol–water partition coefficient (Wildman–Crippen LogP) is 3.87. The zero-order valence-electron chi connectivity index (χ0n) is 14.6. The zero-order chi connectivity index (χ0) is 18.0.